The highest BCUT2D eigenvalue weighted by Crippen LogP contribution is 2.23. The largest absolute Gasteiger partial charge is 0.256 e. The second-order valence-corrected chi connectivity index (χ2v) is 3.36. The van der Waals surface area contributed by atoms with Gasteiger partial charge in [0.2, 0.25) is 0 Å². The number of hydrogen-bond acceptors (Lipinski definition) is 1. The van der Waals surface area contributed by atoms with Crippen molar-refractivity contribution in [1.29, 1.82) is 0 Å². The lowest BCUT2D eigenvalue weighted by Gasteiger charge is -1.93. The lowest BCUT2D eigenvalue weighted by atomic mass is 10.1. The van der Waals surface area contributed by atoms with Crippen LogP contribution in [0.1, 0.15) is 0 Å². The Bertz CT molecular complexity index is 599. The minimum Gasteiger partial charge on any atom is -0.256 e. The fourth-order valence-corrected chi connectivity index (χ4v) is 1.83. The van der Waals surface area contributed by atoms with Gasteiger partial charge in [-0.15, -0.1) is 0 Å². The quantitative estimate of drug-likeness (QED) is 0.515. The lowest BCUT2D eigenvalue weighted by Crippen LogP contribution is -1.69. The first-order valence-electron chi connectivity index (χ1n) is 4.68. The summed E-state index contributed by atoms with van der Waals surface area (Å²) in [7, 11) is 0. The zero-order valence-electron chi connectivity index (χ0n) is 7.64. The summed E-state index contributed by atoms with van der Waals surface area (Å²) in [6.45, 7) is 0. The summed E-state index contributed by atoms with van der Waals surface area (Å²) < 4.78 is 0. The molecule has 0 aliphatic carbocycles. The molecule has 0 N–H and O–H groups in total. The van der Waals surface area contributed by atoms with Crippen LogP contribution in [0, 0.1) is 0 Å². The van der Waals surface area contributed by atoms with E-state index in [-0.39, 0.29) is 0 Å². The molecule has 1 aromatic heterocycles. The van der Waals surface area contributed by atoms with Crippen molar-refractivity contribution in [2.24, 2.45) is 0 Å². The van der Waals surface area contributed by atoms with Gasteiger partial charge in [0.05, 0.1) is 5.52 Å². The highest BCUT2D eigenvalue weighted by Gasteiger charge is 1.98. The summed E-state index contributed by atoms with van der Waals surface area (Å²) in [5.74, 6) is 0. The van der Waals surface area contributed by atoms with Crippen molar-refractivity contribution in [2.75, 3.05) is 0 Å². The number of fused-ring (bicyclic) bond motifs is 3. The highest BCUT2D eigenvalue weighted by molar-refractivity contribution is 6.05. The molecule has 66 valence electrons. The normalized spacial score (nSPS) is 10.9. The predicted molar refractivity (Wildman–Crippen MR) is 59.2 cm³/mol. The lowest BCUT2D eigenvalue weighted by molar-refractivity contribution is 1.48. The maximum Gasteiger partial charge on any atom is 0.0708 e. The molecule has 1 nitrogen and oxygen atoms in total. The predicted octanol–water partition coefficient (Wildman–Crippen LogP) is 3.39. The number of nitrogens with zero attached hydrogens (tertiary/aromatic N) is 1. The second kappa shape index (κ2) is 2.81. The number of rotatable bonds is 0. The number of hydrogen-bond donors (Lipinski definition) is 0. The van der Waals surface area contributed by atoms with Crippen molar-refractivity contribution in [3.63, 3.8) is 0 Å². The Morgan fingerprint density at radius 3 is 2.64 bits per heavy atom. The number of benzene rings is 1. The summed E-state index contributed by atoms with van der Waals surface area (Å²) in [4.78, 5) is 4.29. The Balaban J connectivity index is 2.64. The minimum atomic E-state index is 1.07. The zero-order chi connectivity index (χ0) is 9.38. The van der Waals surface area contributed by atoms with Crippen molar-refractivity contribution >= 4 is 21.7 Å². The van der Waals surface area contributed by atoms with Gasteiger partial charge in [-0.2, -0.15) is 0 Å². The molecular formula is C13H9N. The minimum absolute atomic E-state index is 1.07. The third-order valence-electron chi connectivity index (χ3n) is 2.51. The topological polar surface area (TPSA) is 12.9 Å². The Hall–Kier alpha value is -1.89. The van der Waals surface area contributed by atoms with Crippen molar-refractivity contribution < 1.29 is 0 Å². The molecule has 0 saturated carbocycles. The van der Waals surface area contributed by atoms with Gasteiger partial charge in [-0.05, 0) is 22.9 Å². The van der Waals surface area contributed by atoms with Gasteiger partial charge >= 0.3 is 0 Å². The molecule has 0 aliphatic heterocycles. The standard InChI is InChI=1S/C13H9N/c1-2-4-10-6-7-13-12(8-9-14-13)11(10)5-3-1/h1-9H. The van der Waals surface area contributed by atoms with E-state index in [4.69, 9.17) is 0 Å². The van der Waals surface area contributed by atoms with Crippen LogP contribution in [0.15, 0.2) is 54.7 Å². The summed E-state index contributed by atoms with van der Waals surface area (Å²) in [5, 5.41) is 3.76. The highest BCUT2D eigenvalue weighted by atomic mass is 14.7. The van der Waals surface area contributed by atoms with Gasteiger partial charge in [0, 0.05) is 11.6 Å². The first-order valence-corrected chi connectivity index (χ1v) is 4.68. The second-order valence-electron chi connectivity index (χ2n) is 3.36. The van der Waals surface area contributed by atoms with Crippen molar-refractivity contribution in [3.05, 3.63) is 54.7 Å². The molecule has 2 aromatic carbocycles. The molecule has 0 unspecified atom stereocenters. The molecule has 14 heavy (non-hydrogen) atoms. The van der Waals surface area contributed by atoms with E-state index in [0.717, 1.165) is 5.52 Å². The van der Waals surface area contributed by atoms with Crippen LogP contribution < -0.4 is 0 Å². The Morgan fingerprint density at radius 2 is 1.64 bits per heavy atom. The third kappa shape index (κ3) is 0.990. The summed E-state index contributed by atoms with van der Waals surface area (Å²) >= 11 is 0. The van der Waals surface area contributed by atoms with Crippen molar-refractivity contribution in [3.8, 4) is 0 Å². The van der Waals surface area contributed by atoms with Crippen LogP contribution >= 0.6 is 0 Å². The molecule has 1 heterocycles. The van der Waals surface area contributed by atoms with Crippen molar-refractivity contribution in [1.82, 2.24) is 4.98 Å². The molecule has 0 aliphatic rings. The number of aromatic nitrogens is 1. The van der Waals surface area contributed by atoms with Gasteiger partial charge in [-0.1, -0.05) is 36.4 Å². The Kier molecular flexibility index (Phi) is 1.51. The first-order chi connectivity index (χ1) is 6.95. The molecule has 0 bridgehead atoms. The molecule has 0 radical (unpaired) electrons. The maximum atomic E-state index is 4.29. The maximum absolute atomic E-state index is 4.29. The third-order valence-corrected chi connectivity index (χ3v) is 2.51. The fourth-order valence-electron chi connectivity index (χ4n) is 1.83. The van der Waals surface area contributed by atoms with E-state index in [9.17, 15) is 0 Å². The Labute approximate surface area is 82.0 Å². The molecular weight excluding hydrogens is 170 g/mol. The van der Waals surface area contributed by atoms with Gasteiger partial charge < -0.3 is 0 Å². The van der Waals surface area contributed by atoms with Gasteiger partial charge in [0.1, 0.15) is 0 Å². The molecule has 1 heteroatoms. The smallest absolute Gasteiger partial charge is 0.0708 e. The van der Waals surface area contributed by atoms with E-state index in [1.807, 2.05) is 12.3 Å². The SMILES string of the molecule is c1ccc2ccc3nccc3c2cc1. The monoisotopic (exact) mass is 179 g/mol. The Morgan fingerprint density at radius 1 is 0.714 bits per heavy atom. The van der Waals surface area contributed by atoms with Gasteiger partial charge in [0.25, 0.3) is 0 Å². The first kappa shape index (κ1) is 7.51. The van der Waals surface area contributed by atoms with Crippen LogP contribution in [0.4, 0.5) is 0 Å². The molecule has 0 spiro atoms. The van der Waals surface area contributed by atoms with E-state index in [1.165, 1.54) is 16.2 Å². The van der Waals surface area contributed by atoms with E-state index in [2.05, 4.69) is 47.4 Å². The fraction of sp³-hybridized carbons (Fsp3) is 0. The van der Waals surface area contributed by atoms with E-state index < -0.39 is 0 Å². The van der Waals surface area contributed by atoms with Crippen LogP contribution in [0.5, 0.6) is 0 Å². The van der Waals surface area contributed by atoms with Gasteiger partial charge in [-0.3, -0.25) is 4.98 Å². The summed E-state index contributed by atoms with van der Waals surface area (Å²) in [6.07, 6.45) is 1.86. The summed E-state index contributed by atoms with van der Waals surface area (Å²) in [5.41, 5.74) is 1.07. The van der Waals surface area contributed by atoms with Crippen molar-refractivity contribution in [2.45, 2.75) is 0 Å². The van der Waals surface area contributed by atoms with E-state index >= 15 is 0 Å². The van der Waals surface area contributed by atoms with E-state index in [1.54, 1.807) is 0 Å². The summed E-state index contributed by atoms with van der Waals surface area (Å²) in [6, 6.07) is 16.7. The van der Waals surface area contributed by atoms with Crippen LogP contribution in [-0.4, -0.2) is 4.98 Å². The molecule has 0 fully saturated rings. The molecule has 0 atom stereocenters. The van der Waals surface area contributed by atoms with Crippen LogP contribution in [0.25, 0.3) is 21.7 Å². The van der Waals surface area contributed by atoms with Crippen LogP contribution in [-0.2, 0) is 0 Å². The zero-order valence-corrected chi connectivity index (χ0v) is 7.64. The van der Waals surface area contributed by atoms with Crippen LogP contribution in [0.3, 0.4) is 0 Å². The average Bonchev–Trinajstić information content (AvgIpc) is 2.55. The van der Waals surface area contributed by atoms with E-state index in [0.29, 0.717) is 0 Å². The molecule has 3 rings (SSSR count). The molecule has 0 saturated heterocycles. The van der Waals surface area contributed by atoms with Gasteiger partial charge in [0.15, 0.2) is 0 Å². The molecule has 0 amide bonds. The van der Waals surface area contributed by atoms with Gasteiger partial charge in [-0.25, -0.2) is 0 Å². The van der Waals surface area contributed by atoms with Crippen LogP contribution in [0.2, 0.25) is 0 Å². The molecule has 3 aromatic rings. The average molecular weight is 179 g/mol.